The number of barbiturate groups is 1. The molecule has 1 aliphatic heterocycles. The molecule has 2 heterocycles. The third kappa shape index (κ3) is 4.22. The molecule has 178 valence electrons. The van der Waals surface area contributed by atoms with Crippen molar-refractivity contribution < 1.29 is 19.3 Å². The number of urea groups is 1. The predicted molar refractivity (Wildman–Crippen MR) is 132 cm³/mol. The Labute approximate surface area is 205 Å². The number of carbonyl (C=O) groups is 3. The minimum atomic E-state index is -0.857. The summed E-state index contributed by atoms with van der Waals surface area (Å²) in [5.74, 6) is -1.57. The molecule has 0 spiro atoms. The van der Waals surface area contributed by atoms with Gasteiger partial charge in [0.15, 0.2) is 0 Å². The summed E-state index contributed by atoms with van der Waals surface area (Å²) < 4.78 is 1.89. The van der Waals surface area contributed by atoms with E-state index < -0.39 is 22.8 Å². The summed E-state index contributed by atoms with van der Waals surface area (Å²) in [6.45, 7) is 7.23. The van der Waals surface area contributed by atoms with E-state index in [0.29, 0.717) is 16.1 Å². The summed E-state index contributed by atoms with van der Waals surface area (Å²) >= 11 is 6.17. The fourth-order valence-electron chi connectivity index (χ4n) is 4.08. The van der Waals surface area contributed by atoms with Crippen LogP contribution in [0.1, 0.15) is 28.1 Å². The number of nitrogens with zero attached hydrogens (tertiary/aromatic N) is 3. The van der Waals surface area contributed by atoms with Gasteiger partial charge in [-0.3, -0.25) is 25.0 Å². The van der Waals surface area contributed by atoms with Gasteiger partial charge in [-0.05, 0) is 74.7 Å². The smallest absolute Gasteiger partial charge is 0.318 e. The first-order valence-corrected chi connectivity index (χ1v) is 11.0. The van der Waals surface area contributed by atoms with Gasteiger partial charge in [-0.1, -0.05) is 17.7 Å². The van der Waals surface area contributed by atoms with E-state index in [1.54, 1.807) is 38.1 Å². The molecule has 0 radical (unpaired) electrons. The van der Waals surface area contributed by atoms with Crippen LogP contribution in [-0.2, 0) is 9.59 Å². The van der Waals surface area contributed by atoms with E-state index >= 15 is 0 Å². The van der Waals surface area contributed by atoms with Crippen molar-refractivity contribution in [1.29, 1.82) is 0 Å². The molecule has 1 N–H and O–H groups in total. The number of nitrogens with one attached hydrogen (secondary N) is 1. The van der Waals surface area contributed by atoms with E-state index in [1.807, 2.05) is 18.4 Å². The zero-order chi connectivity index (χ0) is 25.6. The molecule has 9 nitrogen and oxygen atoms in total. The van der Waals surface area contributed by atoms with Gasteiger partial charge in [-0.25, -0.2) is 9.69 Å². The van der Waals surface area contributed by atoms with Crippen LogP contribution in [0.5, 0.6) is 0 Å². The molecule has 4 rings (SSSR count). The maximum absolute atomic E-state index is 13.2. The Morgan fingerprint density at radius 3 is 2.31 bits per heavy atom. The molecular weight excluding hydrogens is 472 g/mol. The number of aromatic nitrogens is 1. The van der Waals surface area contributed by atoms with Gasteiger partial charge >= 0.3 is 6.03 Å². The van der Waals surface area contributed by atoms with Crippen molar-refractivity contribution in [2.45, 2.75) is 27.7 Å². The van der Waals surface area contributed by atoms with Gasteiger partial charge < -0.3 is 4.57 Å². The summed E-state index contributed by atoms with van der Waals surface area (Å²) in [6.07, 6.45) is 1.44. The van der Waals surface area contributed by atoms with Crippen molar-refractivity contribution >= 4 is 46.9 Å². The van der Waals surface area contributed by atoms with Crippen molar-refractivity contribution in [3.05, 3.63) is 91.3 Å². The molecule has 0 unspecified atom stereocenters. The Morgan fingerprint density at radius 1 is 0.971 bits per heavy atom. The number of carbonyl (C=O) groups excluding carboxylic acids is 3. The average Bonchev–Trinajstić information content (AvgIpc) is 3.06. The minimum Gasteiger partial charge on any atom is -0.318 e. The number of hydrogen-bond donors (Lipinski definition) is 1. The second kappa shape index (κ2) is 8.84. The summed E-state index contributed by atoms with van der Waals surface area (Å²) in [7, 11) is 0. The first-order chi connectivity index (χ1) is 16.5. The highest BCUT2D eigenvalue weighted by Crippen LogP contribution is 2.30. The van der Waals surface area contributed by atoms with Gasteiger partial charge in [0.2, 0.25) is 0 Å². The molecule has 0 bridgehead atoms. The zero-order valence-corrected chi connectivity index (χ0v) is 20.1. The van der Waals surface area contributed by atoms with Crippen LogP contribution in [0.2, 0.25) is 5.02 Å². The number of aryl methyl sites for hydroxylation is 3. The summed E-state index contributed by atoms with van der Waals surface area (Å²) in [6, 6.07) is 10.3. The summed E-state index contributed by atoms with van der Waals surface area (Å²) in [5, 5.41) is 13.7. The molecule has 1 fully saturated rings. The number of amides is 4. The molecule has 1 aromatic heterocycles. The number of benzene rings is 2. The van der Waals surface area contributed by atoms with E-state index in [9.17, 15) is 24.5 Å². The van der Waals surface area contributed by atoms with E-state index in [0.717, 1.165) is 27.5 Å². The lowest BCUT2D eigenvalue weighted by molar-refractivity contribution is -0.384. The van der Waals surface area contributed by atoms with Gasteiger partial charge in [0, 0.05) is 34.2 Å². The van der Waals surface area contributed by atoms with Crippen LogP contribution < -0.4 is 10.2 Å². The second-order valence-electron chi connectivity index (χ2n) is 8.28. The molecule has 1 saturated heterocycles. The zero-order valence-electron chi connectivity index (χ0n) is 19.4. The van der Waals surface area contributed by atoms with Crippen LogP contribution >= 0.6 is 11.6 Å². The molecule has 4 amide bonds. The van der Waals surface area contributed by atoms with Crippen LogP contribution in [0, 0.1) is 37.8 Å². The summed E-state index contributed by atoms with van der Waals surface area (Å²) in [5.41, 5.74) is 4.34. The van der Waals surface area contributed by atoms with Crippen molar-refractivity contribution in [1.82, 2.24) is 9.88 Å². The Morgan fingerprint density at radius 2 is 1.69 bits per heavy atom. The Kier molecular flexibility index (Phi) is 6.04. The Bertz CT molecular complexity index is 1470. The average molecular weight is 493 g/mol. The van der Waals surface area contributed by atoms with Crippen molar-refractivity contribution in [2.75, 3.05) is 4.90 Å². The highest BCUT2D eigenvalue weighted by molar-refractivity contribution is 6.39. The van der Waals surface area contributed by atoms with Gasteiger partial charge in [-0.15, -0.1) is 0 Å². The molecule has 35 heavy (non-hydrogen) atoms. The van der Waals surface area contributed by atoms with E-state index in [1.165, 1.54) is 24.3 Å². The Hall–Kier alpha value is -4.24. The number of anilines is 1. The number of nitro benzene ring substituents is 1. The lowest BCUT2D eigenvalue weighted by Gasteiger charge is -2.26. The molecule has 3 aromatic rings. The van der Waals surface area contributed by atoms with Crippen molar-refractivity contribution in [3.63, 3.8) is 0 Å². The number of hydrogen-bond acceptors (Lipinski definition) is 5. The van der Waals surface area contributed by atoms with Crippen LogP contribution in [0.25, 0.3) is 11.8 Å². The van der Waals surface area contributed by atoms with Gasteiger partial charge in [0.05, 0.1) is 10.6 Å². The van der Waals surface area contributed by atoms with Crippen LogP contribution in [0.15, 0.2) is 48.0 Å². The van der Waals surface area contributed by atoms with E-state index in [-0.39, 0.29) is 16.9 Å². The highest BCUT2D eigenvalue weighted by atomic mass is 35.5. The van der Waals surface area contributed by atoms with Crippen molar-refractivity contribution in [2.24, 2.45) is 0 Å². The SMILES string of the molecule is Cc1ccc(N2C(=O)NC(=O)/C(=C/c3cc(C)n(-c4ccc([N+](=O)[O-])cc4C)c3C)C2=O)cc1Cl. The van der Waals surface area contributed by atoms with Gasteiger partial charge in [-0.2, -0.15) is 0 Å². The normalized spacial score (nSPS) is 15.1. The van der Waals surface area contributed by atoms with Crippen LogP contribution in [0.3, 0.4) is 0 Å². The maximum atomic E-state index is 13.2. The van der Waals surface area contributed by atoms with Gasteiger partial charge in [0.1, 0.15) is 5.57 Å². The monoisotopic (exact) mass is 492 g/mol. The van der Waals surface area contributed by atoms with Gasteiger partial charge in [0.25, 0.3) is 17.5 Å². The molecule has 0 aliphatic carbocycles. The van der Waals surface area contributed by atoms with Crippen molar-refractivity contribution in [3.8, 4) is 5.69 Å². The third-order valence-corrected chi connectivity index (χ3v) is 6.32. The van der Waals surface area contributed by atoms with E-state index in [4.69, 9.17) is 11.6 Å². The fourth-order valence-corrected chi connectivity index (χ4v) is 4.25. The number of non-ortho nitro benzene ring substituents is 1. The Balaban J connectivity index is 1.77. The number of imide groups is 2. The second-order valence-corrected chi connectivity index (χ2v) is 8.69. The standard InChI is InChI=1S/C25H21ClN4O5/c1-13-5-6-18(12-21(13)26)29-24(32)20(23(31)27-25(29)33)11-17-10-15(3)28(16(17)4)22-8-7-19(30(34)35)9-14(22)2/h5-12H,1-4H3,(H,27,31,33)/b20-11-. The molecule has 0 atom stereocenters. The first kappa shape index (κ1) is 23.9. The molecular formula is C25H21ClN4O5. The predicted octanol–water partition coefficient (Wildman–Crippen LogP) is 4.94. The highest BCUT2D eigenvalue weighted by Gasteiger charge is 2.37. The first-order valence-electron chi connectivity index (χ1n) is 10.6. The van der Waals surface area contributed by atoms with Crippen LogP contribution in [0.4, 0.5) is 16.2 Å². The number of halogens is 1. The quantitative estimate of drug-likeness (QED) is 0.240. The van der Waals surface area contributed by atoms with E-state index in [2.05, 4.69) is 5.32 Å². The minimum absolute atomic E-state index is 0.0125. The molecule has 2 aromatic carbocycles. The lowest BCUT2D eigenvalue weighted by Crippen LogP contribution is -2.54. The molecule has 1 aliphatic rings. The summed E-state index contributed by atoms with van der Waals surface area (Å²) in [4.78, 5) is 49.8. The topological polar surface area (TPSA) is 115 Å². The van der Waals surface area contributed by atoms with Crippen LogP contribution in [-0.4, -0.2) is 27.3 Å². The largest absolute Gasteiger partial charge is 0.335 e. The number of nitro groups is 1. The lowest BCUT2D eigenvalue weighted by atomic mass is 10.1. The maximum Gasteiger partial charge on any atom is 0.335 e. The third-order valence-electron chi connectivity index (χ3n) is 5.92. The molecule has 10 heteroatoms. The molecule has 0 saturated carbocycles. The fraction of sp³-hybridized carbons (Fsp3) is 0.160. The number of rotatable bonds is 4.